The SMILES string of the molecule is [B]OC1CCCCC1. The van der Waals surface area contributed by atoms with Crippen LogP contribution in [0.1, 0.15) is 32.1 Å². The van der Waals surface area contributed by atoms with Crippen LogP contribution < -0.4 is 0 Å². The van der Waals surface area contributed by atoms with Gasteiger partial charge in [-0.2, -0.15) is 0 Å². The largest absolute Gasteiger partial charge is 0.445 e. The lowest BCUT2D eigenvalue weighted by atomic mass is 9.97. The molecule has 1 nitrogen and oxygen atoms in total. The summed E-state index contributed by atoms with van der Waals surface area (Å²) in [4.78, 5) is 0. The quantitative estimate of drug-likeness (QED) is 0.463. The van der Waals surface area contributed by atoms with Gasteiger partial charge in [0.15, 0.2) is 0 Å². The summed E-state index contributed by atoms with van der Waals surface area (Å²) in [5.74, 6) is 0. The molecule has 0 aromatic heterocycles. The third kappa shape index (κ3) is 1.51. The molecule has 0 N–H and O–H groups in total. The van der Waals surface area contributed by atoms with Crippen LogP contribution in [-0.4, -0.2) is 14.2 Å². The molecule has 1 saturated carbocycles. The number of hydrogen-bond acceptors (Lipinski definition) is 1. The molecular formula is C6H11BO. The molecule has 1 rings (SSSR count). The molecule has 2 radical (unpaired) electrons. The van der Waals surface area contributed by atoms with Crippen molar-refractivity contribution in [3.05, 3.63) is 0 Å². The van der Waals surface area contributed by atoms with E-state index in [9.17, 15) is 0 Å². The highest BCUT2D eigenvalue weighted by molar-refractivity contribution is 5.98. The van der Waals surface area contributed by atoms with Gasteiger partial charge in [-0.1, -0.05) is 19.3 Å². The van der Waals surface area contributed by atoms with Crippen molar-refractivity contribution in [2.75, 3.05) is 0 Å². The molecule has 8 heavy (non-hydrogen) atoms. The second-order valence-corrected chi connectivity index (χ2v) is 2.40. The second kappa shape index (κ2) is 3.13. The average Bonchev–Trinajstić information content (AvgIpc) is 1.90. The lowest BCUT2D eigenvalue weighted by Crippen LogP contribution is -2.14. The fourth-order valence-electron chi connectivity index (χ4n) is 1.20. The summed E-state index contributed by atoms with van der Waals surface area (Å²) >= 11 is 0. The topological polar surface area (TPSA) is 9.23 Å². The van der Waals surface area contributed by atoms with Gasteiger partial charge < -0.3 is 4.65 Å². The first-order chi connectivity index (χ1) is 3.93. The van der Waals surface area contributed by atoms with Crippen molar-refractivity contribution in [3.8, 4) is 0 Å². The predicted molar refractivity (Wildman–Crippen MR) is 33.7 cm³/mol. The van der Waals surface area contributed by atoms with E-state index in [-0.39, 0.29) is 0 Å². The van der Waals surface area contributed by atoms with Gasteiger partial charge in [-0.3, -0.25) is 0 Å². The molecule has 0 heterocycles. The van der Waals surface area contributed by atoms with Crippen molar-refractivity contribution in [3.63, 3.8) is 0 Å². The molecule has 2 heteroatoms. The van der Waals surface area contributed by atoms with Gasteiger partial charge in [-0.25, -0.2) is 0 Å². The average molecular weight is 110 g/mol. The molecule has 0 aliphatic heterocycles. The summed E-state index contributed by atoms with van der Waals surface area (Å²) in [5, 5.41) is 0. The second-order valence-electron chi connectivity index (χ2n) is 2.40. The first-order valence-electron chi connectivity index (χ1n) is 3.29. The Balaban J connectivity index is 2.13. The van der Waals surface area contributed by atoms with Crippen LogP contribution in [0.2, 0.25) is 0 Å². The van der Waals surface area contributed by atoms with Crippen molar-refractivity contribution < 1.29 is 4.65 Å². The van der Waals surface area contributed by atoms with Crippen LogP contribution in [0.5, 0.6) is 0 Å². The first-order valence-corrected chi connectivity index (χ1v) is 3.29. The minimum Gasteiger partial charge on any atom is -0.445 e. The van der Waals surface area contributed by atoms with Crippen molar-refractivity contribution in [1.82, 2.24) is 0 Å². The third-order valence-corrected chi connectivity index (χ3v) is 1.74. The molecule has 0 aromatic carbocycles. The van der Waals surface area contributed by atoms with Gasteiger partial charge in [-0.15, -0.1) is 0 Å². The fourth-order valence-corrected chi connectivity index (χ4v) is 1.20. The monoisotopic (exact) mass is 110 g/mol. The molecule has 0 spiro atoms. The minimum atomic E-state index is 0.365. The molecule has 0 unspecified atom stereocenters. The van der Waals surface area contributed by atoms with E-state index in [0.717, 1.165) is 12.8 Å². The Morgan fingerprint density at radius 2 is 1.75 bits per heavy atom. The Labute approximate surface area is 51.9 Å². The number of hydrogen-bond donors (Lipinski definition) is 0. The van der Waals surface area contributed by atoms with Gasteiger partial charge in [-0.05, 0) is 12.8 Å². The molecule has 0 atom stereocenters. The molecule has 44 valence electrons. The summed E-state index contributed by atoms with van der Waals surface area (Å²) in [6.07, 6.45) is 6.64. The highest BCUT2D eigenvalue weighted by Gasteiger charge is 2.10. The van der Waals surface area contributed by atoms with E-state index in [0.29, 0.717) is 6.10 Å². The Kier molecular flexibility index (Phi) is 2.41. The number of rotatable bonds is 1. The van der Waals surface area contributed by atoms with E-state index in [4.69, 9.17) is 12.7 Å². The Hall–Kier alpha value is 0.0249. The molecule has 0 saturated heterocycles. The van der Waals surface area contributed by atoms with Gasteiger partial charge >= 0.3 is 0 Å². The smallest absolute Gasteiger partial charge is 0.283 e. The standard InChI is InChI=1S/C6H11BO/c7-8-6-4-2-1-3-5-6/h6H,1-5H2. The summed E-state index contributed by atoms with van der Waals surface area (Å²) in [5.41, 5.74) is 0. The first kappa shape index (κ1) is 6.15. The van der Waals surface area contributed by atoms with Gasteiger partial charge in [0.2, 0.25) is 0 Å². The van der Waals surface area contributed by atoms with E-state index < -0.39 is 0 Å². The Bertz CT molecular complexity index is 59.5. The summed E-state index contributed by atoms with van der Waals surface area (Å²) < 4.78 is 4.69. The maximum Gasteiger partial charge on any atom is 0.283 e. The van der Waals surface area contributed by atoms with Crippen LogP contribution >= 0.6 is 0 Å². The van der Waals surface area contributed by atoms with Gasteiger partial charge in [0.25, 0.3) is 8.05 Å². The predicted octanol–water partition coefficient (Wildman–Crippen LogP) is 1.42. The van der Waals surface area contributed by atoms with E-state index in [2.05, 4.69) is 0 Å². The fraction of sp³-hybridized carbons (Fsp3) is 1.00. The maximum atomic E-state index is 5.00. The Morgan fingerprint density at radius 3 is 2.12 bits per heavy atom. The van der Waals surface area contributed by atoms with Gasteiger partial charge in [0.1, 0.15) is 0 Å². The van der Waals surface area contributed by atoms with Crippen LogP contribution in [-0.2, 0) is 4.65 Å². The van der Waals surface area contributed by atoms with Crippen LogP contribution in [0.15, 0.2) is 0 Å². The van der Waals surface area contributed by atoms with Crippen molar-refractivity contribution in [1.29, 1.82) is 0 Å². The summed E-state index contributed by atoms with van der Waals surface area (Å²) in [6.45, 7) is 0. The lowest BCUT2D eigenvalue weighted by molar-refractivity contribution is 0.169. The summed E-state index contributed by atoms with van der Waals surface area (Å²) in [7, 11) is 5.00. The minimum absolute atomic E-state index is 0.365. The maximum absolute atomic E-state index is 5.00. The molecule has 0 bridgehead atoms. The summed E-state index contributed by atoms with van der Waals surface area (Å²) in [6, 6.07) is 0. The normalized spacial score (nSPS) is 23.5. The molecule has 1 fully saturated rings. The van der Waals surface area contributed by atoms with E-state index >= 15 is 0 Å². The molecule has 1 aliphatic carbocycles. The van der Waals surface area contributed by atoms with Crippen LogP contribution in [0.4, 0.5) is 0 Å². The zero-order valence-corrected chi connectivity index (χ0v) is 5.10. The lowest BCUT2D eigenvalue weighted by Gasteiger charge is -2.19. The van der Waals surface area contributed by atoms with Crippen molar-refractivity contribution in [2.45, 2.75) is 38.2 Å². The highest BCUT2D eigenvalue weighted by Crippen LogP contribution is 2.18. The van der Waals surface area contributed by atoms with Crippen LogP contribution in [0.25, 0.3) is 0 Å². The van der Waals surface area contributed by atoms with Crippen molar-refractivity contribution in [2.24, 2.45) is 0 Å². The van der Waals surface area contributed by atoms with E-state index in [1.165, 1.54) is 19.3 Å². The third-order valence-electron chi connectivity index (χ3n) is 1.74. The molecular weight excluding hydrogens is 98.9 g/mol. The molecule has 0 aromatic rings. The molecule has 0 amide bonds. The zero-order chi connectivity index (χ0) is 5.82. The highest BCUT2D eigenvalue weighted by atomic mass is 16.4. The van der Waals surface area contributed by atoms with E-state index in [1.807, 2.05) is 0 Å². The molecule has 1 aliphatic rings. The van der Waals surface area contributed by atoms with Crippen LogP contribution in [0.3, 0.4) is 0 Å². The zero-order valence-electron chi connectivity index (χ0n) is 5.10. The van der Waals surface area contributed by atoms with Crippen LogP contribution in [0, 0.1) is 0 Å². The van der Waals surface area contributed by atoms with Crippen molar-refractivity contribution >= 4 is 8.05 Å². The van der Waals surface area contributed by atoms with Gasteiger partial charge in [0.05, 0.1) is 0 Å². The van der Waals surface area contributed by atoms with E-state index in [1.54, 1.807) is 0 Å². The van der Waals surface area contributed by atoms with Gasteiger partial charge in [0, 0.05) is 6.10 Å². The Morgan fingerprint density at radius 1 is 1.12 bits per heavy atom.